The molecule has 0 radical (unpaired) electrons. The van der Waals surface area contributed by atoms with Crippen LogP contribution in [-0.2, 0) is 7.05 Å². The van der Waals surface area contributed by atoms with E-state index in [0.29, 0.717) is 0 Å². The van der Waals surface area contributed by atoms with E-state index in [2.05, 4.69) is 78.1 Å². The maximum Gasteiger partial charge on any atom is 0.209 e. The summed E-state index contributed by atoms with van der Waals surface area (Å²) >= 11 is 0. The van der Waals surface area contributed by atoms with Crippen molar-refractivity contribution in [1.82, 2.24) is 4.57 Å². The molecule has 0 spiro atoms. The molecule has 1 aliphatic rings. The molecule has 0 unspecified atom stereocenters. The average molecular weight is 237 g/mol. The molecule has 1 aromatic heterocycles. The predicted molar refractivity (Wildman–Crippen MR) is 75.7 cm³/mol. The monoisotopic (exact) mass is 237 g/mol. The first-order chi connectivity index (χ1) is 8.77. The van der Waals surface area contributed by atoms with Gasteiger partial charge in [0.05, 0.1) is 5.56 Å². The van der Waals surface area contributed by atoms with Crippen molar-refractivity contribution in [3.8, 4) is 11.3 Å². The van der Waals surface area contributed by atoms with Crippen LogP contribution in [0.3, 0.4) is 0 Å². The molecule has 0 N–H and O–H groups in total. The first-order valence-corrected chi connectivity index (χ1v) is 6.25. The van der Waals surface area contributed by atoms with E-state index < -0.39 is 0 Å². The number of hydrogen-bond donors (Lipinski definition) is 0. The zero-order chi connectivity index (χ0) is 12.5. The normalized spacial score (nSPS) is 14.6. The summed E-state index contributed by atoms with van der Waals surface area (Å²) in [4.78, 5) is 0. The molecule has 2 heterocycles. The lowest BCUT2D eigenvalue weighted by molar-refractivity contribution is -0.387. The van der Waals surface area contributed by atoms with Gasteiger partial charge in [-0.2, -0.15) is 0 Å². The molecule has 18 heavy (non-hydrogen) atoms. The van der Waals surface area contributed by atoms with Gasteiger partial charge in [0.1, 0.15) is 13.3 Å². The Labute approximate surface area is 108 Å². The molecule has 3 rings (SSSR count). The minimum absolute atomic E-state index is 1.02. The Balaban J connectivity index is 2.18. The molecular weight excluding hydrogens is 220 g/mol. The summed E-state index contributed by atoms with van der Waals surface area (Å²) in [7, 11) is 4.20. The SMILES string of the molecule is Cn1cccc1-c1ccccc1C1=CCC=[N+]1C. The molecule has 0 saturated heterocycles. The van der Waals surface area contributed by atoms with Crippen LogP contribution in [0.4, 0.5) is 0 Å². The highest BCUT2D eigenvalue weighted by molar-refractivity contribution is 5.81. The summed E-state index contributed by atoms with van der Waals surface area (Å²) in [5, 5.41) is 0. The number of aryl methyl sites for hydroxylation is 1. The van der Waals surface area contributed by atoms with Crippen molar-refractivity contribution in [2.75, 3.05) is 7.05 Å². The Kier molecular flexibility index (Phi) is 2.63. The minimum Gasteiger partial charge on any atom is -0.351 e. The van der Waals surface area contributed by atoms with E-state index in [-0.39, 0.29) is 0 Å². The Bertz CT molecular complexity index is 645. The number of rotatable bonds is 2. The van der Waals surface area contributed by atoms with Crippen LogP contribution >= 0.6 is 0 Å². The van der Waals surface area contributed by atoms with Crippen LogP contribution in [-0.4, -0.2) is 22.4 Å². The summed E-state index contributed by atoms with van der Waals surface area (Å²) in [5.74, 6) is 0. The summed E-state index contributed by atoms with van der Waals surface area (Å²) in [6.07, 6.45) is 7.59. The summed E-state index contributed by atoms with van der Waals surface area (Å²) in [5.41, 5.74) is 5.15. The fourth-order valence-corrected chi connectivity index (χ4v) is 2.54. The van der Waals surface area contributed by atoms with Gasteiger partial charge in [-0.15, -0.1) is 0 Å². The Morgan fingerprint density at radius 3 is 2.44 bits per heavy atom. The van der Waals surface area contributed by atoms with Crippen molar-refractivity contribution in [2.24, 2.45) is 7.05 Å². The van der Waals surface area contributed by atoms with Gasteiger partial charge in [-0.3, -0.25) is 0 Å². The van der Waals surface area contributed by atoms with Crippen LogP contribution in [0.15, 0.2) is 48.7 Å². The van der Waals surface area contributed by atoms with Gasteiger partial charge in [0.15, 0.2) is 0 Å². The van der Waals surface area contributed by atoms with Crippen LogP contribution in [0.2, 0.25) is 0 Å². The first-order valence-electron chi connectivity index (χ1n) is 6.25. The summed E-state index contributed by atoms with van der Waals surface area (Å²) in [6.45, 7) is 0. The van der Waals surface area contributed by atoms with Crippen molar-refractivity contribution < 1.29 is 4.58 Å². The van der Waals surface area contributed by atoms with Crippen LogP contribution in [0.25, 0.3) is 17.0 Å². The number of allylic oxidation sites excluding steroid dienone is 1. The van der Waals surface area contributed by atoms with Gasteiger partial charge in [-0.25, -0.2) is 4.58 Å². The predicted octanol–water partition coefficient (Wildman–Crippen LogP) is 3.15. The smallest absolute Gasteiger partial charge is 0.209 e. The third-order valence-electron chi connectivity index (χ3n) is 3.49. The molecule has 2 aromatic rings. The Morgan fingerprint density at radius 2 is 1.83 bits per heavy atom. The average Bonchev–Trinajstić information content (AvgIpc) is 2.98. The third kappa shape index (κ3) is 1.70. The quantitative estimate of drug-likeness (QED) is 0.709. The van der Waals surface area contributed by atoms with E-state index in [9.17, 15) is 0 Å². The highest BCUT2D eigenvalue weighted by atomic mass is 15.0. The third-order valence-corrected chi connectivity index (χ3v) is 3.49. The zero-order valence-corrected chi connectivity index (χ0v) is 10.8. The highest BCUT2D eigenvalue weighted by Gasteiger charge is 2.20. The molecule has 1 aliphatic heterocycles. The molecule has 90 valence electrons. The van der Waals surface area contributed by atoms with Gasteiger partial charge in [-0.1, -0.05) is 18.2 Å². The van der Waals surface area contributed by atoms with Gasteiger partial charge in [0, 0.05) is 30.9 Å². The summed E-state index contributed by atoms with van der Waals surface area (Å²) < 4.78 is 4.37. The topological polar surface area (TPSA) is 7.94 Å². The van der Waals surface area contributed by atoms with E-state index in [1.54, 1.807) is 0 Å². The van der Waals surface area contributed by atoms with Crippen molar-refractivity contribution >= 4 is 11.9 Å². The largest absolute Gasteiger partial charge is 0.351 e. The van der Waals surface area contributed by atoms with Crippen LogP contribution < -0.4 is 0 Å². The van der Waals surface area contributed by atoms with Gasteiger partial charge in [0.2, 0.25) is 5.70 Å². The number of hydrogen-bond acceptors (Lipinski definition) is 0. The van der Waals surface area contributed by atoms with Gasteiger partial charge < -0.3 is 4.57 Å². The second kappa shape index (κ2) is 4.30. The maximum atomic E-state index is 2.28. The van der Waals surface area contributed by atoms with Crippen LogP contribution in [0.5, 0.6) is 0 Å². The lowest BCUT2D eigenvalue weighted by atomic mass is 10.0. The number of nitrogens with zero attached hydrogens (tertiary/aromatic N) is 2. The van der Waals surface area contributed by atoms with Gasteiger partial charge in [-0.05, 0) is 24.3 Å². The number of benzene rings is 1. The minimum atomic E-state index is 1.02. The van der Waals surface area contributed by atoms with Crippen molar-refractivity contribution in [3.63, 3.8) is 0 Å². The molecule has 0 amide bonds. The summed E-state index contributed by atoms with van der Waals surface area (Å²) in [6, 6.07) is 12.9. The van der Waals surface area contributed by atoms with Crippen LogP contribution in [0, 0.1) is 0 Å². The molecule has 0 atom stereocenters. The van der Waals surface area contributed by atoms with Gasteiger partial charge >= 0.3 is 0 Å². The van der Waals surface area contributed by atoms with Gasteiger partial charge in [0.25, 0.3) is 0 Å². The van der Waals surface area contributed by atoms with E-state index >= 15 is 0 Å². The standard InChI is InChI=1S/C16H17N2/c1-17-11-5-9-15(17)13-7-3-4-8-14(13)16-10-6-12-18(16)2/h3-5,7-12H,6H2,1-2H3/q+1. The molecule has 2 nitrogen and oxygen atoms in total. The molecule has 0 aliphatic carbocycles. The Morgan fingerprint density at radius 1 is 1.06 bits per heavy atom. The van der Waals surface area contributed by atoms with E-state index in [4.69, 9.17) is 0 Å². The maximum absolute atomic E-state index is 2.28. The molecule has 0 bridgehead atoms. The van der Waals surface area contributed by atoms with E-state index in [1.165, 1.54) is 22.5 Å². The number of aromatic nitrogens is 1. The fraction of sp³-hybridized carbons (Fsp3) is 0.188. The fourth-order valence-electron chi connectivity index (χ4n) is 2.54. The molecule has 0 saturated carbocycles. The van der Waals surface area contributed by atoms with E-state index in [1.807, 2.05) is 0 Å². The first kappa shape index (κ1) is 11.0. The molecular formula is C16H17N2+. The molecule has 1 aromatic carbocycles. The Hall–Kier alpha value is -2.09. The second-order valence-electron chi connectivity index (χ2n) is 4.67. The lowest BCUT2D eigenvalue weighted by Gasteiger charge is -2.09. The molecule has 2 heteroatoms. The second-order valence-corrected chi connectivity index (χ2v) is 4.67. The highest BCUT2D eigenvalue weighted by Crippen LogP contribution is 2.30. The van der Waals surface area contributed by atoms with Crippen molar-refractivity contribution in [1.29, 1.82) is 0 Å². The zero-order valence-electron chi connectivity index (χ0n) is 10.8. The van der Waals surface area contributed by atoms with Crippen molar-refractivity contribution in [2.45, 2.75) is 6.42 Å². The lowest BCUT2D eigenvalue weighted by Crippen LogP contribution is -2.03. The van der Waals surface area contributed by atoms with E-state index in [0.717, 1.165) is 6.42 Å². The molecule has 0 fully saturated rings. The van der Waals surface area contributed by atoms with Crippen LogP contribution in [0.1, 0.15) is 12.0 Å². The van der Waals surface area contributed by atoms with Crippen molar-refractivity contribution in [3.05, 3.63) is 54.2 Å².